The minimum absolute atomic E-state index is 0.00280. The molecule has 0 aromatic heterocycles. The number of unbranched alkanes of at least 4 members (excludes halogenated alkanes) is 1. The molecule has 0 amide bonds. The molecule has 0 aliphatic rings. The Hall–Kier alpha value is -1.64. The van der Waals surface area contributed by atoms with Crippen LogP contribution >= 0.6 is 0 Å². The maximum atomic E-state index is 11.9. The van der Waals surface area contributed by atoms with E-state index in [1.807, 2.05) is 0 Å². The van der Waals surface area contributed by atoms with Gasteiger partial charge < -0.3 is 15.9 Å². The van der Waals surface area contributed by atoms with Crippen molar-refractivity contribution in [1.29, 1.82) is 0 Å². The number of carbonyl (C=O) groups is 1. The molecule has 0 unspecified atom stereocenters. The average Bonchev–Trinajstić information content (AvgIpc) is 2.34. The highest BCUT2D eigenvalue weighted by atomic mass is 32.2. The Morgan fingerprint density at radius 3 is 2.53 bits per heavy atom. The Morgan fingerprint density at radius 2 is 2.00 bits per heavy atom. The normalized spacial score (nSPS) is 11.4. The number of benzene rings is 1. The Labute approximate surface area is 111 Å². The van der Waals surface area contributed by atoms with Crippen molar-refractivity contribution >= 4 is 21.7 Å². The van der Waals surface area contributed by atoms with Gasteiger partial charge in [-0.3, -0.25) is 0 Å². The number of rotatable bonds is 7. The smallest absolute Gasteiger partial charge is 0.335 e. The van der Waals surface area contributed by atoms with Gasteiger partial charge in [-0.25, -0.2) is 17.9 Å². The van der Waals surface area contributed by atoms with Crippen molar-refractivity contribution in [2.45, 2.75) is 17.7 Å². The number of aliphatic hydroxyl groups excluding tert-OH is 1. The molecule has 0 saturated carbocycles. The molecular formula is C11H16N2O5S. The Morgan fingerprint density at radius 1 is 1.32 bits per heavy atom. The van der Waals surface area contributed by atoms with Gasteiger partial charge in [-0.05, 0) is 31.0 Å². The molecule has 0 spiro atoms. The first kappa shape index (κ1) is 15.4. The van der Waals surface area contributed by atoms with Crippen LogP contribution in [0.15, 0.2) is 23.1 Å². The van der Waals surface area contributed by atoms with Crippen molar-refractivity contribution < 1.29 is 23.4 Å². The number of nitrogens with one attached hydrogen (secondary N) is 1. The summed E-state index contributed by atoms with van der Waals surface area (Å²) < 4.78 is 26.1. The summed E-state index contributed by atoms with van der Waals surface area (Å²) in [5.74, 6) is -1.17. The van der Waals surface area contributed by atoms with Crippen LogP contribution in [0.1, 0.15) is 23.2 Å². The van der Waals surface area contributed by atoms with Crippen LogP contribution in [0, 0.1) is 0 Å². The molecule has 8 heteroatoms. The molecule has 106 valence electrons. The van der Waals surface area contributed by atoms with E-state index < -0.39 is 16.0 Å². The molecule has 0 aliphatic carbocycles. The lowest BCUT2D eigenvalue weighted by Crippen LogP contribution is -2.26. The molecule has 0 heterocycles. The van der Waals surface area contributed by atoms with E-state index in [0.29, 0.717) is 12.8 Å². The minimum atomic E-state index is -3.76. The Kier molecular flexibility index (Phi) is 5.28. The van der Waals surface area contributed by atoms with Crippen molar-refractivity contribution in [1.82, 2.24) is 4.72 Å². The van der Waals surface area contributed by atoms with E-state index in [0.717, 1.165) is 12.1 Å². The summed E-state index contributed by atoms with van der Waals surface area (Å²) in [6.07, 6.45) is 0.999. The predicted molar refractivity (Wildman–Crippen MR) is 69.3 cm³/mol. The number of hydrogen-bond donors (Lipinski definition) is 4. The standard InChI is InChI=1S/C11H16N2O5S/c12-9-7-8(11(15)16)3-4-10(9)19(17,18)13-5-1-2-6-14/h3-4,7,13-14H,1-2,5-6,12H2,(H,15,16). The second-order valence-corrected chi connectivity index (χ2v) is 5.62. The zero-order valence-corrected chi connectivity index (χ0v) is 11.0. The van der Waals surface area contributed by atoms with Gasteiger partial charge >= 0.3 is 5.97 Å². The molecule has 1 rings (SSSR count). The van der Waals surface area contributed by atoms with Gasteiger partial charge in [0.25, 0.3) is 0 Å². The lowest BCUT2D eigenvalue weighted by molar-refractivity contribution is 0.0697. The lowest BCUT2D eigenvalue weighted by atomic mass is 10.2. The lowest BCUT2D eigenvalue weighted by Gasteiger charge is -2.09. The molecule has 0 fully saturated rings. The number of carboxylic acids is 1. The van der Waals surface area contributed by atoms with Crippen LogP contribution in [0.3, 0.4) is 0 Å². The fourth-order valence-electron chi connectivity index (χ4n) is 1.45. The van der Waals surface area contributed by atoms with E-state index in [1.54, 1.807) is 0 Å². The Balaban J connectivity index is 2.87. The van der Waals surface area contributed by atoms with Crippen molar-refractivity contribution in [3.63, 3.8) is 0 Å². The largest absolute Gasteiger partial charge is 0.478 e. The number of aliphatic hydroxyl groups is 1. The molecule has 19 heavy (non-hydrogen) atoms. The van der Waals surface area contributed by atoms with Crippen LogP contribution in [-0.4, -0.2) is 37.8 Å². The molecule has 0 aliphatic heterocycles. The number of anilines is 1. The number of sulfonamides is 1. The van der Waals surface area contributed by atoms with E-state index in [4.69, 9.17) is 15.9 Å². The minimum Gasteiger partial charge on any atom is -0.478 e. The quantitative estimate of drug-likeness (QED) is 0.413. The molecular weight excluding hydrogens is 272 g/mol. The summed E-state index contributed by atoms with van der Waals surface area (Å²) in [4.78, 5) is 10.6. The highest BCUT2D eigenvalue weighted by Gasteiger charge is 2.18. The van der Waals surface area contributed by atoms with E-state index in [2.05, 4.69) is 4.72 Å². The monoisotopic (exact) mass is 288 g/mol. The van der Waals surface area contributed by atoms with Gasteiger partial charge in [-0.2, -0.15) is 0 Å². The topological polar surface area (TPSA) is 130 Å². The highest BCUT2D eigenvalue weighted by Crippen LogP contribution is 2.19. The zero-order chi connectivity index (χ0) is 14.5. The number of hydrogen-bond acceptors (Lipinski definition) is 5. The van der Waals surface area contributed by atoms with Crippen LogP contribution in [-0.2, 0) is 10.0 Å². The third-order valence-corrected chi connectivity index (χ3v) is 3.96. The maximum absolute atomic E-state index is 11.9. The molecule has 7 nitrogen and oxygen atoms in total. The second kappa shape index (κ2) is 6.50. The summed E-state index contributed by atoms with van der Waals surface area (Å²) in [5, 5.41) is 17.3. The number of nitrogen functional groups attached to an aromatic ring is 1. The van der Waals surface area contributed by atoms with Gasteiger partial charge in [-0.1, -0.05) is 0 Å². The molecule has 0 radical (unpaired) electrons. The van der Waals surface area contributed by atoms with Crippen LogP contribution in [0.25, 0.3) is 0 Å². The molecule has 1 aromatic carbocycles. The molecule has 0 saturated heterocycles. The predicted octanol–water partition coefficient (Wildman–Crippen LogP) is 0.0178. The van der Waals surface area contributed by atoms with Crippen LogP contribution < -0.4 is 10.5 Å². The highest BCUT2D eigenvalue weighted by molar-refractivity contribution is 7.89. The summed E-state index contributed by atoms with van der Waals surface area (Å²) in [6.45, 7) is 0.181. The van der Waals surface area contributed by atoms with E-state index >= 15 is 0 Å². The molecule has 0 bridgehead atoms. The van der Waals surface area contributed by atoms with Crippen molar-refractivity contribution in [3.8, 4) is 0 Å². The van der Waals surface area contributed by atoms with Gasteiger partial charge in [0.1, 0.15) is 4.90 Å². The van der Waals surface area contributed by atoms with E-state index in [9.17, 15) is 13.2 Å². The van der Waals surface area contributed by atoms with E-state index in [1.165, 1.54) is 6.07 Å². The third kappa shape index (κ3) is 4.19. The van der Waals surface area contributed by atoms with Gasteiger partial charge in [0.15, 0.2) is 0 Å². The summed E-state index contributed by atoms with van der Waals surface area (Å²) in [6, 6.07) is 3.44. The summed E-state index contributed by atoms with van der Waals surface area (Å²) in [7, 11) is -3.76. The average molecular weight is 288 g/mol. The zero-order valence-electron chi connectivity index (χ0n) is 10.2. The Bertz CT molecular complexity index is 556. The van der Waals surface area contributed by atoms with Crippen molar-refractivity contribution in [3.05, 3.63) is 23.8 Å². The second-order valence-electron chi connectivity index (χ2n) is 3.89. The first-order valence-electron chi connectivity index (χ1n) is 5.62. The van der Waals surface area contributed by atoms with Gasteiger partial charge in [0.2, 0.25) is 10.0 Å². The first-order chi connectivity index (χ1) is 8.88. The summed E-state index contributed by atoms with van der Waals surface area (Å²) >= 11 is 0. The first-order valence-corrected chi connectivity index (χ1v) is 7.10. The third-order valence-electron chi connectivity index (χ3n) is 2.42. The number of aromatic carboxylic acids is 1. The molecule has 5 N–H and O–H groups in total. The fourth-order valence-corrected chi connectivity index (χ4v) is 2.63. The number of nitrogens with two attached hydrogens (primary N) is 1. The number of carboxylic acid groups (broad SMARTS) is 1. The van der Waals surface area contributed by atoms with Crippen LogP contribution in [0.4, 0.5) is 5.69 Å². The van der Waals surface area contributed by atoms with Gasteiger partial charge in [0.05, 0.1) is 11.3 Å². The summed E-state index contributed by atoms with van der Waals surface area (Å²) in [5.41, 5.74) is 5.36. The molecule has 0 atom stereocenters. The fraction of sp³-hybridized carbons (Fsp3) is 0.364. The SMILES string of the molecule is Nc1cc(C(=O)O)ccc1S(=O)(=O)NCCCCO. The van der Waals surface area contributed by atoms with Gasteiger partial charge in [0, 0.05) is 13.2 Å². The van der Waals surface area contributed by atoms with Crippen LogP contribution in [0.5, 0.6) is 0 Å². The van der Waals surface area contributed by atoms with Gasteiger partial charge in [-0.15, -0.1) is 0 Å². The maximum Gasteiger partial charge on any atom is 0.335 e. The van der Waals surface area contributed by atoms with Crippen molar-refractivity contribution in [2.24, 2.45) is 0 Å². The molecule has 1 aromatic rings. The van der Waals surface area contributed by atoms with Crippen molar-refractivity contribution in [2.75, 3.05) is 18.9 Å². The van der Waals surface area contributed by atoms with Crippen LogP contribution in [0.2, 0.25) is 0 Å². The van der Waals surface area contributed by atoms with E-state index in [-0.39, 0.29) is 29.3 Å².